The number of hydrogen-bond acceptors (Lipinski definition) is 5. The maximum atomic E-state index is 14.3. The molecular formula is C26H30F2N4O. The fraction of sp³-hybridized carbons (Fsp3) is 0.500. The molecule has 1 N–H and O–H groups in total. The van der Waals surface area contributed by atoms with Gasteiger partial charge in [0, 0.05) is 18.8 Å². The Labute approximate surface area is 192 Å². The van der Waals surface area contributed by atoms with Gasteiger partial charge in [-0.3, -0.25) is 0 Å². The van der Waals surface area contributed by atoms with E-state index in [2.05, 4.69) is 14.9 Å². The highest BCUT2D eigenvalue weighted by molar-refractivity contribution is 5.85. The van der Waals surface area contributed by atoms with E-state index in [0.717, 1.165) is 73.9 Å². The molecule has 0 bridgehead atoms. The van der Waals surface area contributed by atoms with Gasteiger partial charge in [-0.15, -0.1) is 0 Å². The van der Waals surface area contributed by atoms with Gasteiger partial charge in [-0.05, 0) is 86.3 Å². The highest BCUT2D eigenvalue weighted by atomic mass is 19.1. The Hall–Kier alpha value is -2.67. The first-order valence-electron chi connectivity index (χ1n) is 11.9. The van der Waals surface area contributed by atoms with Crippen LogP contribution >= 0.6 is 0 Å². The molecule has 5 nitrogen and oxygen atoms in total. The molecule has 33 heavy (non-hydrogen) atoms. The molecule has 0 spiro atoms. The normalized spacial score (nSPS) is 25.5. The van der Waals surface area contributed by atoms with E-state index in [4.69, 9.17) is 4.98 Å². The van der Waals surface area contributed by atoms with Gasteiger partial charge in [-0.25, -0.2) is 23.7 Å². The van der Waals surface area contributed by atoms with Gasteiger partial charge in [0.15, 0.2) is 5.82 Å². The van der Waals surface area contributed by atoms with Gasteiger partial charge in [-0.2, -0.15) is 0 Å². The van der Waals surface area contributed by atoms with Crippen LogP contribution in [0, 0.1) is 17.6 Å². The predicted molar refractivity (Wildman–Crippen MR) is 124 cm³/mol. The Balaban J connectivity index is 1.36. The Bertz CT molecular complexity index is 1140. The highest BCUT2D eigenvalue weighted by Crippen LogP contribution is 2.39. The molecule has 2 fully saturated rings. The molecule has 2 aromatic heterocycles. The summed E-state index contributed by atoms with van der Waals surface area (Å²) in [5, 5.41) is 9.95. The molecule has 2 heterocycles. The molecule has 174 valence electrons. The molecule has 3 aromatic rings. The minimum absolute atomic E-state index is 0.0405. The lowest BCUT2D eigenvalue weighted by Gasteiger charge is -2.30. The van der Waals surface area contributed by atoms with Crippen molar-refractivity contribution < 1.29 is 13.9 Å². The molecule has 7 heteroatoms. The first-order valence-corrected chi connectivity index (χ1v) is 11.9. The number of benzene rings is 1. The van der Waals surface area contributed by atoms with Crippen molar-refractivity contribution in [2.75, 3.05) is 11.9 Å². The van der Waals surface area contributed by atoms with Crippen LogP contribution in [-0.4, -0.2) is 39.3 Å². The molecule has 4 atom stereocenters. The van der Waals surface area contributed by atoms with Gasteiger partial charge in [-0.1, -0.05) is 12.8 Å². The van der Waals surface area contributed by atoms with Crippen molar-refractivity contribution in [3.8, 4) is 0 Å². The standard InChI is InChI=1S/C26H30F2N4O/c1-32(20-7-8-21(33)14-20)26-25-24(29-15-30-26)10-6-19(31-25)12-16-3-2-4-17(11-16)22-13-18(27)5-9-23(22)28/h5-6,9-10,13,15-17,20-21,33H,2-4,7-8,11-12,14H2,1H3. The van der Waals surface area contributed by atoms with E-state index in [9.17, 15) is 13.9 Å². The fourth-order valence-electron chi connectivity index (χ4n) is 5.68. The summed E-state index contributed by atoms with van der Waals surface area (Å²) in [6.45, 7) is 0. The monoisotopic (exact) mass is 452 g/mol. The van der Waals surface area contributed by atoms with E-state index in [1.54, 1.807) is 6.33 Å². The lowest BCUT2D eigenvalue weighted by molar-refractivity contribution is 0.181. The number of aromatic nitrogens is 3. The molecule has 4 unspecified atom stereocenters. The Kier molecular flexibility index (Phi) is 6.23. The highest BCUT2D eigenvalue weighted by Gasteiger charge is 2.29. The summed E-state index contributed by atoms with van der Waals surface area (Å²) in [5.41, 5.74) is 3.06. The van der Waals surface area contributed by atoms with Crippen LogP contribution < -0.4 is 4.90 Å². The van der Waals surface area contributed by atoms with E-state index in [0.29, 0.717) is 11.5 Å². The van der Waals surface area contributed by atoms with Gasteiger partial charge in [0.25, 0.3) is 0 Å². The van der Waals surface area contributed by atoms with Crippen LogP contribution in [-0.2, 0) is 6.42 Å². The maximum Gasteiger partial charge on any atom is 0.158 e. The lowest BCUT2D eigenvalue weighted by atomic mass is 9.76. The van der Waals surface area contributed by atoms with Crippen molar-refractivity contribution in [2.24, 2.45) is 5.92 Å². The van der Waals surface area contributed by atoms with Crippen LogP contribution in [0.3, 0.4) is 0 Å². The Morgan fingerprint density at radius 2 is 1.91 bits per heavy atom. The van der Waals surface area contributed by atoms with Crippen molar-refractivity contribution in [1.29, 1.82) is 0 Å². The SMILES string of the molecule is CN(c1ncnc2ccc(CC3CCCC(c4cc(F)ccc4F)C3)nc12)C1CCC(O)C1. The van der Waals surface area contributed by atoms with Crippen LogP contribution in [0.5, 0.6) is 0 Å². The quantitative estimate of drug-likeness (QED) is 0.579. The first-order chi connectivity index (χ1) is 16.0. The number of halogens is 2. The molecule has 0 radical (unpaired) electrons. The number of rotatable bonds is 5. The van der Waals surface area contributed by atoms with Crippen LogP contribution in [0.25, 0.3) is 11.0 Å². The van der Waals surface area contributed by atoms with E-state index in [1.807, 2.05) is 19.2 Å². The maximum absolute atomic E-state index is 14.3. The third kappa shape index (κ3) is 4.69. The van der Waals surface area contributed by atoms with Crippen molar-refractivity contribution in [1.82, 2.24) is 15.0 Å². The molecule has 0 saturated heterocycles. The van der Waals surface area contributed by atoms with E-state index in [1.165, 1.54) is 18.2 Å². The van der Waals surface area contributed by atoms with Gasteiger partial charge in [0.1, 0.15) is 23.5 Å². The molecule has 2 aliphatic carbocycles. The summed E-state index contributed by atoms with van der Waals surface area (Å²) in [7, 11) is 2.01. The minimum Gasteiger partial charge on any atom is -0.393 e. The zero-order chi connectivity index (χ0) is 22.9. The lowest BCUT2D eigenvalue weighted by Crippen LogP contribution is -2.30. The van der Waals surface area contributed by atoms with Crippen molar-refractivity contribution >= 4 is 16.9 Å². The number of anilines is 1. The molecule has 1 aromatic carbocycles. The second kappa shape index (κ2) is 9.29. The summed E-state index contributed by atoms with van der Waals surface area (Å²) >= 11 is 0. The van der Waals surface area contributed by atoms with E-state index >= 15 is 0 Å². The number of nitrogens with zero attached hydrogens (tertiary/aromatic N) is 4. The molecule has 2 saturated carbocycles. The molecular weight excluding hydrogens is 422 g/mol. The molecule has 0 aliphatic heterocycles. The van der Waals surface area contributed by atoms with Gasteiger partial charge in [0.05, 0.1) is 11.6 Å². The summed E-state index contributed by atoms with van der Waals surface area (Å²) in [6, 6.07) is 8.03. The zero-order valence-electron chi connectivity index (χ0n) is 18.9. The minimum atomic E-state index is -0.379. The number of fused-ring (bicyclic) bond motifs is 1. The summed E-state index contributed by atoms with van der Waals surface area (Å²) in [4.78, 5) is 16.0. The van der Waals surface area contributed by atoms with Crippen LogP contribution in [0.4, 0.5) is 14.6 Å². The van der Waals surface area contributed by atoms with Gasteiger partial charge >= 0.3 is 0 Å². The summed E-state index contributed by atoms with van der Waals surface area (Å²) in [6.07, 6.45) is 8.37. The van der Waals surface area contributed by atoms with E-state index < -0.39 is 0 Å². The van der Waals surface area contributed by atoms with Crippen LogP contribution in [0.15, 0.2) is 36.7 Å². The Morgan fingerprint density at radius 3 is 2.73 bits per heavy atom. The number of aliphatic hydroxyl groups is 1. The molecule has 0 amide bonds. The van der Waals surface area contributed by atoms with Crippen molar-refractivity contribution in [2.45, 2.75) is 69.4 Å². The van der Waals surface area contributed by atoms with Crippen molar-refractivity contribution in [3.63, 3.8) is 0 Å². The average Bonchev–Trinajstić information content (AvgIpc) is 3.26. The largest absolute Gasteiger partial charge is 0.393 e. The number of pyridine rings is 1. The first kappa shape index (κ1) is 22.1. The van der Waals surface area contributed by atoms with Gasteiger partial charge in [0.2, 0.25) is 0 Å². The van der Waals surface area contributed by atoms with Gasteiger partial charge < -0.3 is 10.0 Å². The molecule has 2 aliphatic rings. The zero-order valence-corrected chi connectivity index (χ0v) is 18.9. The average molecular weight is 453 g/mol. The van der Waals surface area contributed by atoms with Crippen molar-refractivity contribution in [3.05, 3.63) is 59.6 Å². The summed E-state index contributed by atoms with van der Waals surface area (Å²) < 4.78 is 28.1. The van der Waals surface area contributed by atoms with Crippen LogP contribution in [0.2, 0.25) is 0 Å². The Morgan fingerprint density at radius 1 is 1.03 bits per heavy atom. The third-order valence-electron chi connectivity index (χ3n) is 7.46. The third-order valence-corrected chi connectivity index (χ3v) is 7.46. The summed E-state index contributed by atoms with van der Waals surface area (Å²) in [5.74, 6) is 0.513. The predicted octanol–water partition coefficient (Wildman–Crippen LogP) is 5.17. The molecule has 5 rings (SSSR count). The number of hydrogen-bond donors (Lipinski definition) is 1. The second-order valence-electron chi connectivity index (χ2n) is 9.70. The fourth-order valence-corrected chi connectivity index (χ4v) is 5.68. The van der Waals surface area contributed by atoms with E-state index in [-0.39, 0.29) is 29.7 Å². The van der Waals surface area contributed by atoms with Crippen LogP contribution in [0.1, 0.15) is 62.1 Å². The number of aliphatic hydroxyl groups excluding tert-OH is 1. The second-order valence-corrected chi connectivity index (χ2v) is 9.70. The smallest absolute Gasteiger partial charge is 0.158 e. The topological polar surface area (TPSA) is 62.1 Å².